The molecule has 1 rings (SSSR count). The van der Waals surface area contributed by atoms with Crippen molar-refractivity contribution in [2.45, 2.75) is 5.16 Å². The van der Waals surface area contributed by atoms with Crippen molar-refractivity contribution < 1.29 is 4.21 Å². The molecule has 0 spiro atoms. The molecule has 0 fully saturated rings. The molecule has 1 atom stereocenters. The topological polar surface area (TPSA) is 46.1 Å². The maximum atomic E-state index is 11.1. The number of nitrogens with zero attached hydrogens (tertiary/aromatic N) is 3. The number of anilines is 1. The maximum Gasteiger partial charge on any atom is 0.221 e. The van der Waals surface area contributed by atoms with E-state index in [1.54, 1.807) is 11.0 Å². The van der Waals surface area contributed by atoms with Gasteiger partial charge in [0.05, 0.1) is 10.8 Å². The summed E-state index contributed by atoms with van der Waals surface area (Å²) in [7, 11) is 2.47. The fourth-order valence-electron chi connectivity index (χ4n) is 0.743. The first-order valence-corrected chi connectivity index (χ1v) is 5.49. The SMILES string of the molecule is CN(C)c1cc(Cl)nc([S@@](C)=O)n1. The van der Waals surface area contributed by atoms with E-state index in [9.17, 15) is 4.21 Å². The van der Waals surface area contributed by atoms with Gasteiger partial charge >= 0.3 is 0 Å². The van der Waals surface area contributed by atoms with Crippen LogP contribution in [0.2, 0.25) is 5.15 Å². The molecule has 1 aromatic heterocycles. The molecule has 0 aliphatic carbocycles. The summed E-state index contributed by atoms with van der Waals surface area (Å²) in [6.07, 6.45) is 1.52. The van der Waals surface area contributed by atoms with Gasteiger partial charge < -0.3 is 4.90 Å². The van der Waals surface area contributed by atoms with Crippen molar-refractivity contribution in [3.8, 4) is 0 Å². The van der Waals surface area contributed by atoms with Crippen LogP contribution in [0.25, 0.3) is 0 Å². The molecule has 13 heavy (non-hydrogen) atoms. The van der Waals surface area contributed by atoms with Crippen molar-refractivity contribution in [3.63, 3.8) is 0 Å². The van der Waals surface area contributed by atoms with Crippen molar-refractivity contribution in [1.29, 1.82) is 0 Å². The van der Waals surface area contributed by atoms with Crippen LogP contribution in [0.4, 0.5) is 5.82 Å². The highest BCUT2D eigenvalue weighted by Crippen LogP contribution is 2.14. The van der Waals surface area contributed by atoms with E-state index in [1.165, 1.54) is 6.26 Å². The van der Waals surface area contributed by atoms with Crippen LogP contribution in [0.3, 0.4) is 0 Å². The zero-order valence-corrected chi connectivity index (χ0v) is 9.19. The monoisotopic (exact) mass is 219 g/mol. The van der Waals surface area contributed by atoms with E-state index in [0.717, 1.165) is 0 Å². The smallest absolute Gasteiger partial charge is 0.221 e. The number of hydrogen-bond acceptors (Lipinski definition) is 4. The van der Waals surface area contributed by atoms with Crippen molar-refractivity contribution in [1.82, 2.24) is 9.97 Å². The number of halogens is 1. The Labute approximate surface area is 84.4 Å². The predicted molar refractivity (Wildman–Crippen MR) is 53.7 cm³/mol. The first-order valence-electron chi connectivity index (χ1n) is 3.56. The standard InChI is InChI=1S/C7H10ClN3OS/c1-11(2)6-4-5(8)9-7(10-6)13(3)12/h4H,1-3H3/t13-/m1/s1. The Bertz CT molecular complexity index is 343. The van der Waals surface area contributed by atoms with Gasteiger partial charge in [-0.05, 0) is 0 Å². The minimum Gasteiger partial charge on any atom is -0.363 e. The maximum absolute atomic E-state index is 11.1. The van der Waals surface area contributed by atoms with Crippen molar-refractivity contribution >= 4 is 28.2 Å². The molecule has 0 N–H and O–H groups in total. The highest BCUT2D eigenvalue weighted by Gasteiger charge is 2.07. The minimum atomic E-state index is -1.20. The Morgan fingerprint density at radius 3 is 2.54 bits per heavy atom. The van der Waals surface area contributed by atoms with E-state index in [2.05, 4.69) is 9.97 Å². The zero-order chi connectivity index (χ0) is 10.0. The van der Waals surface area contributed by atoms with Gasteiger partial charge in [-0.2, -0.15) is 0 Å². The normalized spacial score (nSPS) is 12.6. The van der Waals surface area contributed by atoms with E-state index < -0.39 is 10.8 Å². The van der Waals surface area contributed by atoms with Crippen molar-refractivity contribution in [3.05, 3.63) is 11.2 Å². The average molecular weight is 220 g/mol. The van der Waals surface area contributed by atoms with Gasteiger partial charge in [0, 0.05) is 26.4 Å². The molecule has 4 nitrogen and oxygen atoms in total. The second kappa shape index (κ2) is 4.02. The molecule has 0 bridgehead atoms. The molecular formula is C7H10ClN3OS. The Kier molecular flexibility index (Phi) is 3.22. The van der Waals surface area contributed by atoms with Crippen LogP contribution >= 0.6 is 11.6 Å². The molecule has 6 heteroatoms. The number of rotatable bonds is 2. The molecule has 1 aromatic rings. The molecule has 0 saturated carbocycles. The highest BCUT2D eigenvalue weighted by atomic mass is 35.5. The minimum absolute atomic E-state index is 0.260. The number of aromatic nitrogens is 2. The first-order chi connectivity index (χ1) is 6.00. The van der Waals surface area contributed by atoms with Crippen LogP contribution in [0.1, 0.15) is 0 Å². The Morgan fingerprint density at radius 2 is 2.08 bits per heavy atom. The number of hydrogen-bond donors (Lipinski definition) is 0. The molecule has 0 saturated heterocycles. The summed E-state index contributed by atoms with van der Waals surface area (Å²) in [4.78, 5) is 9.69. The van der Waals surface area contributed by atoms with E-state index in [0.29, 0.717) is 11.0 Å². The van der Waals surface area contributed by atoms with Crippen LogP contribution in [-0.4, -0.2) is 34.5 Å². The van der Waals surface area contributed by atoms with E-state index in [4.69, 9.17) is 11.6 Å². The largest absolute Gasteiger partial charge is 0.363 e. The quantitative estimate of drug-likeness (QED) is 0.549. The van der Waals surface area contributed by atoms with Crippen molar-refractivity contribution in [2.75, 3.05) is 25.3 Å². The summed E-state index contributed by atoms with van der Waals surface area (Å²) in [5.74, 6) is 0.658. The predicted octanol–water partition coefficient (Wildman–Crippen LogP) is 0.933. The van der Waals surface area contributed by atoms with Gasteiger partial charge in [-0.3, -0.25) is 4.21 Å². The fraction of sp³-hybridized carbons (Fsp3) is 0.429. The lowest BCUT2D eigenvalue weighted by Gasteiger charge is -2.11. The summed E-state index contributed by atoms with van der Waals surface area (Å²) in [6, 6.07) is 1.62. The molecule has 72 valence electrons. The van der Waals surface area contributed by atoms with Gasteiger partial charge in [0.2, 0.25) is 5.16 Å². The third kappa shape index (κ3) is 2.63. The molecule has 0 aliphatic rings. The second-order valence-corrected chi connectivity index (χ2v) is 4.34. The molecule has 0 aliphatic heterocycles. The summed E-state index contributed by atoms with van der Waals surface area (Å²) in [5.41, 5.74) is 0. The second-order valence-electron chi connectivity index (χ2n) is 2.68. The Hall–Kier alpha value is -0.680. The molecule has 0 amide bonds. The summed E-state index contributed by atoms with van der Waals surface area (Å²) in [6.45, 7) is 0. The lowest BCUT2D eigenvalue weighted by atomic mass is 10.5. The van der Waals surface area contributed by atoms with Gasteiger partial charge in [0.25, 0.3) is 0 Å². The van der Waals surface area contributed by atoms with Gasteiger partial charge in [0.15, 0.2) is 0 Å². The van der Waals surface area contributed by atoms with Gasteiger partial charge in [-0.15, -0.1) is 0 Å². The summed E-state index contributed by atoms with van der Waals surface area (Å²) >= 11 is 5.73. The summed E-state index contributed by atoms with van der Waals surface area (Å²) < 4.78 is 11.1. The Morgan fingerprint density at radius 1 is 1.46 bits per heavy atom. The van der Waals surface area contributed by atoms with Crippen LogP contribution in [0.15, 0.2) is 11.2 Å². The zero-order valence-electron chi connectivity index (χ0n) is 7.61. The van der Waals surface area contributed by atoms with Crippen LogP contribution in [-0.2, 0) is 10.8 Å². The molecular weight excluding hydrogens is 210 g/mol. The van der Waals surface area contributed by atoms with E-state index in [-0.39, 0.29) is 5.16 Å². The average Bonchev–Trinajstić information content (AvgIpc) is 2.03. The Balaban J connectivity index is 3.19. The van der Waals surface area contributed by atoms with E-state index >= 15 is 0 Å². The summed E-state index contributed by atoms with van der Waals surface area (Å²) in [5, 5.41) is 0.570. The van der Waals surface area contributed by atoms with Gasteiger partial charge in [0.1, 0.15) is 11.0 Å². The highest BCUT2D eigenvalue weighted by molar-refractivity contribution is 7.84. The van der Waals surface area contributed by atoms with Crippen LogP contribution in [0.5, 0.6) is 0 Å². The fourth-order valence-corrected chi connectivity index (χ4v) is 1.42. The lowest BCUT2D eigenvalue weighted by molar-refractivity contribution is 0.679. The van der Waals surface area contributed by atoms with Crippen LogP contribution < -0.4 is 4.90 Å². The third-order valence-electron chi connectivity index (χ3n) is 1.38. The van der Waals surface area contributed by atoms with Crippen molar-refractivity contribution in [2.24, 2.45) is 0 Å². The van der Waals surface area contributed by atoms with Crippen LogP contribution in [0, 0.1) is 0 Å². The van der Waals surface area contributed by atoms with Gasteiger partial charge in [-0.1, -0.05) is 11.6 Å². The van der Waals surface area contributed by atoms with E-state index in [1.807, 2.05) is 14.1 Å². The molecule has 1 heterocycles. The first kappa shape index (κ1) is 10.4. The van der Waals surface area contributed by atoms with Gasteiger partial charge in [-0.25, -0.2) is 9.97 Å². The molecule has 0 aromatic carbocycles. The lowest BCUT2D eigenvalue weighted by Crippen LogP contribution is -2.12. The molecule has 0 radical (unpaired) electrons. The third-order valence-corrected chi connectivity index (χ3v) is 2.27. The molecule has 0 unspecified atom stereocenters.